The fraction of sp³-hybridized carbons (Fsp3) is 0.176. The summed E-state index contributed by atoms with van der Waals surface area (Å²) in [5.41, 5.74) is 0.201. The van der Waals surface area contributed by atoms with E-state index in [9.17, 15) is 23.1 Å². The third kappa shape index (κ3) is 2.95. The molecule has 1 heterocycles. The monoisotopic (exact) mass is 367 g/mol. The van der Waals surface area contributed by atoms with Crippen molar-refractivity contribution in [1.29, 1.82) is 0 Å². The van der Waals surface area contributed by atoms with Crippen molar-refractivity contribution in [3.05, 3.63) is 64.1 Å². The molecular weight excluding hydrogens is 357 g/mol. The van der Waals surface area contributed by atoms with E-state index in [0.29, 0.717) is 11.1 Å². The maximum absolute atomic E-state index is 14.0. The van der Waals surface area contributed by atoms with Gasteiger partial charge in [0.2, 0.25) is 0 Å². The number of halogens is 4. The van der Waals surface area contributed by atoms with Crippen molar-refractivity contribution in [3.8, 4) is 0 Å². The summed E-state index contributed by atoms with van der Waals surface area (Å²) in [6.07, 6.45) is 0. The van der Waals surface area contributed by atoms with E-state index in [4.69, 9.17) is 11.6 Å². The smallest absolute Gasteiger partial charge is 0.312 e. The molecule has 0 aliphatic carbocycles. The second-order valence-corrected chi connectivity index (χ2v) is 5.94. The van der Waals surface area contributed by atoms with Gasteiger partial charge in [0.1, 0.15) is 11.8 Å². The fourth-order valence-corrected chi connectivity index (χ4v) is 2.83. The van der Waals surface area contributed by atoms with Gasteiger partial charge in [-0.1, -0.05) is 29.8 Å². The fourth-order valence-electron chi connectivity index (χ4n) is 2.61. The Morgan fingerprint density at radius 1 is 1.32 bits per heavy atom. The quantitative estimate of drug-likeness (QED) is 0.712. The molecule has 0 aliphatic heterocycles. The van der Waals surface area contributed by atoms with Crippen molar-refractivity contribution in [2.45, 2.75) is 19.4 Å². The van der Waals surface area contributed by atoms with Crippen LogP contribution in [0.15, 0.2) is 36.4 Å². The number of rotatable bonds is 4. The van der Waals surface area contributed by atoms with Crippen molar-refractivity contribution in [2.75, 3.05) is 0 Å². The first-order valence-corrected chi connectivity index (χ1v) is 7.59. The van der Waals surface area contributed by atoms with Crippen LogP contribution in [0.25, 0.3) is 10.9 Å². The number of fused-ring (bicyclic) bond motifs is 1. The molecule has 8 heteroatoms. The molecule has 25 heavy (non-hydrogen) atoms. The summed E-state index contributed by atoms with van der Waals surface area (Å²) in [7, 11) is 0. The van der Waals surface area contributed by atoms with Gasteiger partial charge in [-0.3, -0.25) is 4.68 Å². The number of aliphatic carboxylic acids is 1. The Balaban J connectivity index is 2.14. The predicted octanol–water partition coefficient (Wildman–Crippen LogP) is 3.03. The van der Waals surface area contributed by atoms with Crippen LogP contribution in [0.1, 0.15) is 16.8 Å². The summed E-state index contributed by atoms with van der Waals surface area (Å²) in [4.78, 5) is 10.7. The molecule has 4 nitrogen and oxygen atoms in total. The van der Waals surface area contributed by atoms with Crippen molar-refractivity contribution >= 4 is 28.5 Å². The van der Waals surface area contributed by atoms with Gasteiger partial charge >= 0.3 is 5.92 Å². The van der Waals surface area contributed by atoms with Gasteiger partial charge in [0.15, 0.2) is 0 Å². The predicted molar refractivity (Wildman–Crippen MR) is 83.9 cm³/mol. The van der Waals surface area contributed by atoms with E-state index < -0.39 is 23.3 Å². The second-order valence-electron chi connectivity index (χ2n) is 5.54. The van der Waals surface area contributed by atoms with Crippen molar-refractivity contribution in [1.82, 2.24) is 9.78 Å². The topological polar surface area (TPSA) is 58.0 Å². The molecule has 130 valence electrons. The number of aryl methyl sites for hydroxylation is 1. The number of aromatic nitrogens is 2. The first-order chi connectivity index (χ1) is 11.7. The highest BCUT2D eigenvalue weighted by Crippen LogP contribution is 2.31. The average molecular weight is 368 g/mol. The zero-order valence-electron chi connectivity index (χ0n) is 12.9. The number of nitrogens with zero attached hydrogens (tertiary/aromatic N) is 2. The van der Waals surface area contributed by atoms with Crippen LogP contribution < -0.4 is 5.11 Å². The highest BCUT2D eigenvalue weighted by atomic mass is 35.5. The van der Waals surface area contributed by atoms with Gasteiger partial charge in [-0.15, -0.1) is 0 Å². The molecule has 0 N–H and O–H groups in total. The first-order valence-electron chi connectivity index (χ1n) is 7.21. The van der Waals surface area contributed by atoms with Crippen LogP contribution in [0, 0.1) is 12.7 Å². The third-order valence-electron chi connectivity index (χ3n) is 3.92. The Labute approximate surface area is 145 Å². The minimum atomic E-state index is -4.15. The Kier molecular flexibility index (Phi) is 4.20. The lowest BCUT2D eigenvalue weighted by molar-refractivity contribution is -0.331. The number of carboxylic acids is 1. The van der Waals surface area contributed by atoms with Gasteiger partial charge in [0, 0.05) is 21.5 Å². The minimum Gasteiger partial charge on any atom is -0.544 e. The molecule has 2 aromatic carbocycles. The number of hydrogen-bond donors (Lipinski definition) is 0. The van der Waals surface area contributed by atoms with Crippen molar-refractivity contribution < 1.29 is 23.1 Å². The number of carboxylic acid groups (broad SMARTS) is 1. The van der Waals surface area contributed by atoms with Crippen molar-refractivity contribution in [2.24, 2.45) is 0 Å². The lowest BCUT2D eigenvalue weighted by Gasteiger charge is -2.17. The Morgan fingerprint density at radius 2 is 2.04 bits per heavy atom. The first kappa shape index (κ1) is 17.3. The van der Waals surface area contributed by atoms with E-state index >= 15 is 0 Å². The van der Waals surface area contributed by atoms with Gasteiger partial charge in [-0.2, -0.15) is 13.9 Å². The SMILES string of the molecule is Cc1nn(Cc2c(F)cccc2Cl)c2cc(C(F)(F)C(=O)[O-])ccc12. The van der Waals surface area contributed by atoms with Gasteiger partial charge < -0.3 is 9.90 Å². The molecule has 0 fully saturated rings. The molecule has 3 rings (SSSR count). The maximum Gasteiger partial charge on any atom is 0.312 e. The van der Waals surface area contributed by atoms with Gasteiger partial charge in [0.25, 0.3) is 0 Å². The molecule has 0 amide bonds. The molecule has 0 bridgehead atoms. The summed E-state index contributed by atoms with van der Waals surface area (Å²) in [6.45, 7) is 1.58. The van der Waals surface area contributed by atoms with Gasteiger partial charge in [0.05, 0.1) is 17.8 Å². The molecule has 1 aromatic heterocycles. The molecule has 0 saturated carbocycles. The highest BCUT2D eigenvalue weighted by molar-refractivity contribution is 6.31. The van der Waals surface area contributed by atoms with E-state index in [2.05, 4.69) is 5.10 Å². The van der Waals surface area contributed by atoms with E-state index in [0.717, 1.165) is 12.1 Å². The number of hydrogen-bond acceptors (Lipinski definition) is 3. The maximum atomic E-state index is 14.0. The molecule has 0 radical (unpaired) electrons. The standard InChI is InChI=1S/C17H12ClF3N2O2/c1-9-11-6-5-10(17(20,21)16(24)25)7-15(11)23(22-9)8-12-13(18)3-2-4-14(12)19/h2-7H,8H2,1H3,(H,24,25)/p-1. The number of carbonyl (C=O) groups excluding carboxylic acids is 1. The normalized spacial score (nSPS) is 11.9. The largest absolute Gasteiger partial charge is 0.544 e. The summed E-state index contributed by atoms with van der Waals surface area (Å²) < 4.78 is 42.7. The average Bonchev–Trinajstić information content (AvgIpc) is 2.86. The van der Waals surface area contributed by atoms with E-state index in [1.807, 2.05) is 0 Å². The van der Waals surface area contributed by atoms with Crippen molar-refractivity contribution in [3.63, 3.8) is 0 Å². The van der Waals surface area contributed by atoms with Crippen LogP contribution in [-0.4, -0.2) is 15.7 Å². The number of carbonyl (C=O) groups is 1. The number of alkyl halides is 2. The van der Waals surface area contributed by atoms with Crippen LogP contribution in [0.2, 0.25) is 5.02 Å². The zero-order chi connectivity index (χ0) is 18.4. The highest BCUT2D eigenvalue weighted by Gasteiger charge is 2.34. The molecule has 0 spiro atoms. The van der Waals surface area contributed by atoms with Crippen LogP contribution in [0.5, 0.6) is 0 Å². The summed E-state index contributed by atoms with van der Waals surface area (Å²) >= 11 is 6.00. The van der Waals surface area contributed by atoms with E-state index in [-0.39, 0.29) is 22.6 Å². The van der Waals surface area contributed by atoms with Gasteiger partial charge in [-0.05, 0) is 25.1 Å². The van der Waals surface area contributed by atoms with Crippen LogP contribution in [0.3, 0.4) is 0 Å². The summed E-state index contributed by atoms with van der Waals surface area (Å²) in [5.74, 6) is -7.19. The van der Waals surface area contributed by atoms with Crippen LogP contribution in [0.4, 0.5) is 13.2 Å². The molecule has 3 aromatic rings. The van der Waals surface area contributed by atoms with Gasteiger partial charge in [-0.25, -0.2) is 4.39 Å². The number of benzene rings is 2. The van der Waals surface area contributed by atoms with E-state index in [1.165, 1.54) is 28.9 Å². The Morgan fingerprint density at radius 3 is 2.68 bits per heavy atom. The third-order valence-corrected chi connectivity index (χ3v) is 4.28. The zero-order valence-corrected chi connectivity index (χ0v) is 13.6. The molecular formula is C17H11ClF3N2O2-. The molecule has 0 saturated heterocycles. The second kappa shape index (κ2) is 6.07. The Hall–Kier alpha value is -2.54. The lowest BCUT2D eigenvalue weighted by atomic mass is 10.1. The lowest BCUT2D eigenvalue weighted by Crippen LogP contribution is -2.39. The minimum absolute atomic E-state index is 0.0871. The summed E-state index contributed by atoms with van der Waals surface area (Å²) in [6, 6.07) is 7.56. The molecule has 0 unspecified atom stereocenters. The molecule has 0 aliphatic rings. The van der Waals surface area contributed by atoms with Crippen LogP contribution in [-0.2, 0) is 17.3 Å². The Bertz CT molecular complexity index is 965. The van der Waals surface area contributed by atoms with Crippen LogP contribution >= 0.6 is 11.6 Å². The molecule has 0 atom stereocenters. The van der Waals surface area contributed by atoms with E-state index in [1.54, 1.807) is 6.92 Å². The summed E-state index contributed by atoms with van der Waals surface area (Å²) in [5, 5.41) is 15.6.